The van der Waals surface area contributed by atoms with Gasteiger partial charge in [0, 0.05) is 18.5 Å². The summed E-state index contributed by atoms with van der Waals surface area (Å²) in [5, 5.41) is 0. The zero-order valence-corrected chi connectivity index (χ0v) is 8.62. The van der Waals surface area contributed by atoms with Gasteiger partial charge >= 0.3 is 0 Å². The molecule has 1 amide bonds. The second-order valence-corrected chi connectivity index (χ2v) is 4.67. The molecule has 0 radical (unpaired) electrons. The van der Waals surface area contributed by atoms with Crippen LogP contribution in [0.5, 0.6) is 0 Å². The van der Waals surface area contributed by atoms with Gasteiger partial charge in [-0.3, -0.25) is 4.79 Å². The van der Waals surface area contributed by atoms with Gasteiger partial charge in [-0.05, 0) is 32.1 Å². The fourth-order valence-electron chi connectivity index (χ4n) is 2.30. The lowest BCUT2D eigenvalue weighted by atomic mass is 9.84. The Balaban J connectivity index is 1.96. The van der Waals surface area contributed by atoms with E-state index in [2.05, 4.69) is 18.7 Å². The normalized spacial score (nSPS) is 34.8. The summed E-state index contributed by atoms with van der Waals surface area (Å²) in [6.45, 7) is 5.44. The summed E-state index contributed by atoms with van der Waals surface area (Å²) in [6, 6.07) is 0.480. The molecule has 13 heavy (non-hydrogen) atoms. The quantitative estimate of drug-likeness (QED) is 0.606. The van der Waals surface area contributed by atoms with Gasteiger partial charge in [0.05, 0.1) is 0 Å². The van der Waals surface area contributed by atoms with E-state index in [1.807, 2.05) is 0 Å². The number of likely N-dealkylation sites (tertiary alicyclic amines) is 1. The molecule has 0 aromatic carbocycles. The Morgan fingerprint density at radius 2 is 1.92 bits per heavy atom. The summed E-state index contributed by atoms with van der Waals surface area (Å²) in [5.41, 5.74) is 0. The van der Waals surface area contributed by atoms with E-state index in [0.717, 1.165) is 19.4 Å². The minimum atomic E-state index is 0.382. The number of amides is 1. The lowest BCUT2D eigenvalue weighted by Gasteiger charge is -2.32. The second kappa shape index (κ2) is 3.32. The van der Waals surface area contributed by atoms with Crippen molar-refractivity contribution in [1.29, 1.82) is 0 Å². The third kappa shape index (κ3) is 1.47. The Morgan fingerprint density at radius 3 is 2.31 bits per heavy atom. The van der Waals surface area contributed by atoms with Gasteiger partial charge in [-0.1, -0.05) is 13.3 Å². The van der Waals surface area contributed by atoms with Crippen molar-refractivity contribution in [3.63, 3.8) is 0 Å². The number of carbonyl (C=O) groups excluding carboxylic acids is 1. The first-order valence-electron chi connectivity index (χ1n) is 5.50. The summed E-state index contributed by atoms with van der Waals surface area (Å²) in [5.74, 6) is 1.51. The van der Waals surface area contributed by atoms with Gasteiger partial charge in [-0.2, -0.15) is 0 Å². The number of hydrogen-bond acceptors (Lipinski definition) is 1. The molecule has 1 saturated carbocycles. The summed E-state index contributed by atoms with van der Waals surface area (Å²) in [7, 11) is 0. The van der Waals surface area contributed by atoms with E-state index in [1.165, 1.54) is 12.8 Å². The Labute approximate surface area is 80.3 Å². The van der Waals surface area contributed by atoms with E-state index < -0.39 is 0 Å². The van der Waals surface area contributed by atoms with Crippen molar-refractivity contribution in [2.75, 3.05) is 6.54 Å². The Hall–Kier alpha value is -0.530. The van der Waals surface area contributed by atoms with E-state index in [1.54, 1.807) is 0 Å². The molecule has 2 heteroatoms. The van der Waals surface area contributed by atoms with Crippen molar-refractivity contribution in [2.45, 2.75) is 45.6 Å². The molecule has 2 nitrogen and oxygen atoms in total. The van der Waals surface area contributed by atoms with Crippen LogP contribution in [-0.4, -0.2) is 23.4 Å². The highest BCUT2D eigenvalue weighted by molar-refractivity contribution is 5.80. The largest absolute Gasteiger partial charge is 0.339 e. The molecule has 1 aliphatic carbocycles. The molecule has 2 aliphatic rings. The lowest BCUT2D eigenvalue weighted by molar-refractivity contribution is -0.139. The molecule has 0 spiro atoms. The average Bonchev–Trinajstić information content (AvgIpc) is 2.29. The highest BCUT2D eigenvalue weighted by Gasteiger charge is 2.36. The topological polar surface area (TPSA) is 20.3 Å². The SMILES string of the molecule is CC1CCN(C(=O)C2CCC2)C1C. The number of rotatable bonds is 1. The van der Waals surface area contributed by atoms with Gasteiger partial charge in [0.25, 0.3) is 0 Å². The number of hydrogen-bond donors (Lipinski definition) is 0. The molecule has 0 aromatic rings. The summed E-state index contributed by atoms with van der Waals surface area (Å²) in [6.07, 6.45) is 4.72. The van der Waals surface area contributed by atoms with Crippen molar-refractivity contribution >= 4 is 5.91 Å². The van der Waals surface area contributed by atoms with E-state index in [9.17, 15) is 4.79 Å². The van der Waals surface area contributed by atoms with E-state index in [-0.39, 0.29) is 0 Å². The zero-order valence-electron chi connectivity index (χ0n) is 8.62. The van der Waals surface area contributed by atoms with E-state index in [4.69, 9.17) is 0 Å². The molecule has 0 N–H and O–H groups in total. The van der Waals surface area contributed by atoms with Crippen LogP contribution in [-0.2, 0) is 4.79 Å². The van der Waals surface area contributed by atoms with Crippen LogP contribution >= 0.6 is 0 Å². The molecule has 2 fully saturated rings. The van der Waals surface area contributed by atoms with Crippen LogP contribution in [0, 0.1) is 11.8 Å². The third-order valence-corrected chi connectivity index (χ3v) is 3.88. The molecule has 0 bridgehead atoms. The van der Waals surface area contributed by atoms with Crippen LogP contribution in [0.1, 0.15) is 39.5 Å². The standard InChI is InChI=1S/C11H19NO/c1-8-6-7-12(9(8)2)11(13)10-4-3-5-10/h8-10H,3-7H2,1-2H3. The van der Waals surface area contributed by atoms with E-state index in [0.29, 0.717) is 23.8 Å². The van der Waals surface area contributed by atoms with Crippen LogP contribution in [0.3, 0.4) is 0 Å². The second-order valence-electron chi connectivity index (χ2n) is 4.67. The number of nitrogens with zero attached hydrogens (tertiary/aromatic N) is 1. The molecular formula is C11H19NO. The zero-order chi connectivity index (χ0) is 9.42. The molecule has 0 aromatic heterocycles. The maximum atomic E-state index is 11.9. The average molecular weight is 181 g/mol. The van der Waals surface area contributed by atoms with Crippen LogP contribution in [0.4, 0.5) is 0 Å². The lowest BCUT2D eigenvalue weighted by Crippen LogP contribution is -2.41. The first-order valence-corrected chi connectivity index (χ1v) is 5.50. The molecule has 2 unspecified atom stereocenters. The van der Waals surface area contributed by atoms with Crippen molar-refractivity contribution in [2.24, 2.45) is 11.8 Å². The maximum Gasteiger partial charge on any atom is 0.225 e. The summed E-state index contributed by atoms with van der Waals surface area (Å²) in [4.78, 5) is 14.0. The Morgan fingerprint density at radius 1 is 1.23 bits per heavy atom. The van der Waals surface area contributed by atoms with Crippen LogP contribution in [0.15, 0.2) is 0 Å². The predicted octanol–water partition coefficient (Wildman–Crippen LogP) is 2.04. The minimum Gasteiger partial charge on any atom is -0.339 e. The highest BCUT2D eigenvalue weighted by atomic mass is 16.2. The molecule has 1 saturated heterocycles. The predicted molar refractivity (Wildman–Crippen MR) is 52.3 cm³/mol. The third-order valence-electron chi connectivity index (χ3n) is 3.88. The minimum absolute atomic E-state index is 0.382. The van der Waals surface area contributed by atoms with Gasteiger partial charge in [0.2, 0.25) is 5.91 Å². The molecule has 1 heterocycles. The van der Waals surface area contributed by atoms with Gasteiger partial charge < -0.3 is 4.90 Å². The van der Waals surface area contributed by atoms with Crippen LogP contribution in [0.2, 0.25) is 0 Å². The smallest absolute Gasteiger partial charge is 0.225 e. The number of carbonyl (C=O) groups is 1. The van der Waals surface area contributed by atoms with Gasteiger partial charge in [-0.25, -0.2) is 0 Å². The summed E-state index contributed by atoms with van der Waals surface area (Å²) >= 11 is 0. The van der Waals surface area contributed by atoms with Crippen molar-refractivity contribution < 1.29 is 4.79 Å². The fourth-order valence-corrected chi connectivity index (χ4v) is 2.30. The first kappa shape index (κ1) is 9.04. The van der Waals surface area contributed by atoms with Crippen LogP contribution in [0.25, 0.3) is 0 Å². The molecule has 74 valence electrons. The summed E-state index contributed by atoms with van der Waals surface area (Å²) < 4.78 is 0. The van der Waals surface area contributed by atoms with Crippen molar-refractivity contribution in [3.05, 3.63) is 0 Å². The molecule has 2 rings (SSSR count). The Kier molecular flexibility index (Phi) is 2.31. The van der Waals surface area contributed by atoms with Gasteiger partial charge in [0.15, 0.2) is 0 Å². The highest BCUT2D eigenvalue weighted by Crippen LogP contribution is 2.32. The maximum absolute atomic E-state index is 11.9. The monoisotopic (exact) mass is 181 g/mol. The molecule has 1 aliphatic heterocycles. The Bertz CT molecular complexity index is 210. The van der Waals surface area contributed by atoms with Gasteiger partial charge in [0.1, 0.15) is 0 Å². The van der Waals surface area contributed by atoms with Crippen LogP contribution < -0.4 is 0 Å². The first-order chi connectivity index (χ1) is 6.20. The van der Waals surface area contributed by atoms with Gasteiger partial charge in [-0.15, -0.1) is 0 Å². The van der Waals surface area contributed by atoms with E-state index >= 15 is 0 Å². The fraction of sp³-hybridized carbons (Fsp3) is 0.909. The molecule has 2 atom stereocenters. The van der Waals surface area contributed by atoms with Crippen molar-refractivity contribution in [1.82, 2.24) is 4.90 Å². The van der Waals surface area contributed by atoms with Crippen molar-refractivity contribution in [3.8, 4) is 0 Å². The molecular weight excluding hydrogens is 162 g/mol.